The SMILES string of the molecule is CCC(CO)SC1CNC(NO)S1. The van der Waals surface area contributed by atoms with E-state index in [2.05, 4.69) is 17.7 Å². The third kappa shape index (κ3) is 3.65. The second-order valence-corrected chi connectivity index (χ2v) is 5.95. The number of hydrogen-bond acceptors (Lipinski definition) is 6. The minimum Gasteiger partial charge on any atom is -0.395 e. The Morgan fingerprint density at radius 1 is 1.77 bits per heavy atom. The maximum absolute atomic E-state index is 8.99. The molecule has 0 aromatic carbocycles. The quantitative estimate of drug-likeness (QED) is 0.508. The third-order valence-electron chi connectivity index (χ3n) is 1.88. The highest BCUT2D eigenvalue weighted by Gasteiger charge is 2.26. The molecule has 0 bridgehead atoms. The lowest BCUT2D eigenvalue weighted by atomic mass is 10.3. The number of thioether (sulfide) groups is 2. The summed E-state index contributed by atoms with van der Waals surface area (Å²) in [6.45, 7) is 3.17. The molecular formula is C7H16N2O2S2. The first-order chi connectivity index (χ1) is 6.30. The van der Waals surface area contributed by atoms with Crippen molar-refractivity contribution in [3.63, 3.8) is 0 Å². The fraction of sp³-hybridized carbons (Fsp3) is 1.00. The molecule has 3 atom stereocenters. The average Bonchev–Trinajstić information content (AvgIpc) is 2.61. The second kappa shape index (κ2) is 6.10. The van der Waals surface area contributed by atoms with Gasteiger partial charge >= 0.3 is 0 Å². The molecule has 1 aliphatic heterocycles. The lowest BCUT2D eigenvalue weighted by Crippen LogP contribution is -2.32. The minimum atomic E-state index is -0.0614. The number of nitrogens with one attached hydrogen (secondary N) is 2. The monoisotopic (exact) mass is 224 g/mol. The Bertz CT molecular complexity index is 146. The van der Waals surface area contributed by atoms with Crippen LogP contribution in [0.2, 0.25) is 0 Å². The maximum atomic E-state index is 8.99. The van der Waals surface area contributed by atoms with Gasteiger partial charge in [-0.3, -0.25) is 5.32 Å². The van der Waals surface area contributed by atoms with E-state index >= 15 is 0 Å². The van der Waals surface area contributed by atoms with Gasteiger partial charge in [0.2, 0.25) is 0 Å². The standard InChI is InChI=1S/C7H16N2O2S2/c1-2-5(4-10)12-6-3-8-7(9-11)13-6/h5-11H,2-4H2,1H3. The van der Waals surface area contributed by atoms with E-state index in [0.29, 0.717) is 9.83 Å². The Morgan fingerprint density at radius 3 is 3.00 bits per heavy atom. The highest BCUT2D eigenvalue weighted by molar-refractivity contribution is 8.17. The molecule has 3 unspecified atom stereocenters. The van der Waals surface area contributed by atoms with Gasteiger partial charge in [0.25, 0.3) is 0 Å². The first-order valence-electron chi connectivity index (χ1n) is 4.35. The zero-order valence-electron chi connectivity index (χ0n) is 7.56. The summed E-state index contributed by atoms with van der Waals surface area (Å²) in [6.07, 6.45) is 0.982. The molecule has 0 amide bonds. The van der Waals surface area contributed by atoms with Gasteiger partial charge in [-0.05, 0) is 6.42 Å². The van der Waals surface area contributed by atoms with Crippen molar-refractivity contribution in [2.24, 2.45) is 0 Å². The molecule has 1 heterocycles. The van der Waals surface area contributed by atoms with E-state index in [1.54, 1.807) is 23.5 Å². The van der Waals surface area contributed by atoms with Gasteiger partial charge in [0.15, 0.2) is 0 Å². The predicted octanol–water partition coefficient (Wildman–Crippen LogP) is 0.415. The van der Waals surface area contributed by atoms with Crippen molar-refractivity contribution in [3.8, 4) is 0 Å². The summed E-state index contributed by atoms with van der Waals surface area (Å²) in [7, 11) is 0. The van der Waals surface area contributed by atoms with E-state index in [0.717, 1.165) is 13.0 Å². The Labute approximate surface area is 86.8 Å². The summed E-state index contributed by atoms with van der Waals surface area (Å²) in [5.41, 5.74) is 2.12. The maximum Gasteiger partial charge on any atom is 0.129 e. The normalized spacial score (nSPS) is 30.7. The number of hydroxylamine groups is 1. The van der Waals surface area contributed by atoms with Crippen LogP contribution in [0.25, 0.3) is 0 Å². The van der Waals surface area contributed by atoms with Crippen LogP contribution < -0.4 is 10.8 Å². The van der Waals surface area contributed by atoms with Crippen molar-refractivity contribution >= 4 is 23.5 Å². The van der Waals surface area contributed by atoms with Gasteiger partial charge < -0.3 is 10.3 Å². The Balaban J connectivity index is 2.22. The van der Waals surface area contributed by atoms with Crippen molar-refractivity contribution in [3.05, 3.63) is 0 Å². The molecule has 13 heavy (non-hydrogen) atoms. The van der Waals surface area contributed by atoms with Crippen LogP contribution in [0.1, 0.15) is 13.3 Å². The van der Waals surface area contributed by atoms with Gasteiger partial charge in [-0.2, -0.15) is 5.48 Å². The van der Waals surface area contributed by atoms with Crippen LogP contribution in [-0.4, -0.2) is 38.8 Å². The molecule has 0 aromatic heterocycles. The highest BCUT2D eigenvalue weighted by Crippen LogP contribution is 2.33. The summed E-state index contributed by atoms with van der Waals surface area (Å²) >= 11 is 3.42. The molecule has 1 aliphatic rings. The smallest absolute Gasteiger partial charge is 0.129 e. The van der Waals surface area contributed by atoms with E-state index in [1.165, 1.54) is 0 Å². The van der Waals surface area contributed by atoms with E-state index in [4.69, 9.17) is 10.3 Å². The summed E-state index contributed by atoms with van der Waals surface area (Å²) in [4.78, 5) is 0. The number of rotatable bonds is 5. The van der Waals surface area contributed by atoms with Crippen LogP contribution in [-0.2, 0) is 0 Å². The Hall–Kier alpha value is 0.540. The molecule has 4 N–H and O–H groups in total. The Kier molecular flexibility index (Phi) is 5.45. The van der Waals surface area contributed by atoms with Crippen LogP contribution in [0.3, 0.4) is 0 Å². The fourth-order valence-corrected chi connectivity index (χ4v) is 3.80. The van der Waals surface area contributed by atoms with Crippen molar-refractivity contribution in [1.29, 1.82) is 0 Å². The molecule has 0 saturated carbocycles. The van der Waals surface area contributed by atoms with Gasteiger partial charge in [-0.25, -0.2) is 0 Å². The van der Waals surface area contributed by atoms with Crippen LogP contribution in [0.15, 0.2) is 0 Å². The molecule has 1 rings (SSSR count). The largest absolute Gasteiger partial charge is 0.395 e. The lowest BCUT2D eigenvalue weighted by molar-refractivity contribution is 0.148. The van der Waals surface area contributed by atoms with E-state index < -0.39 is 0 Å². The zero-order chi connectivity index (χ0) is 9.68. The Morgan fingerprint density at radius 2 is 2.54 bits per heavy atom. The summed E-state index contributed by atoms with van der Waals surface area (Å²) in [5, 5.41) is 21.1. The van der Waals surface area contributed by atoms with E-state index in [1.807, 2.05) is 0 Å². The second-order valence-electron chi connectivity index (χ2n) is 2.83. The molecule has 1 fully saturated rings. The fourth-order valence-electron chi connectivity index (χ4n) is 1.09. The minimum absolute atomic E-state index is 0.0614. The van der Waals surface area contributed by atoms with E-state index in [-0.39, 0.29) is 12.1 Å². The zero-order valence-corrected chi connectivity index (χ0v) is 9.20. The molecule has 0 aromatic rings. The number of hydrogen-bond donors (Lipinski definition) is 4. The molecule has 6 heteroatoms. The molecule has 0 spiro atoms. The topological polar surface area (TPSA) is 64.5 Å². The highest BCUT2D eigenvalue weighted by atomic mass is 32.2. The summed E-state index contributed by atoms with van der Waals surface area (Å²) < 4.78 is 0.418. The summed E-state index contributed by atoms with van der Waals surface area (Å²) in [6, 6.07) is 0. The first-order valence-corrected chi connectivity index (χ1v) is 6.23. The molecule has 4 nitrogen and oxygen atoms in total. The molecule has 1 saturated heterocycles. The van der Waals surface area contributed by atoms with Crippen LogP contribution in [0.4, 0.5) is 0 Å². The molecular weight excluding hydrogens is 208 g/mol. The first kappa shape index (κ1) is 11.6. The van der Waals surface area contributed by atoms with Gasteiger partial charge in [0.1, 0.15) is 5.50 Å². The average molecular weight is 224 g/mol. The van der Waals surface area contributed by atoms with Crippen LogP contribution >= 0.6 is 23.5 Å². The number of aliphatic hydroxyl groups excluding tert-OH is 1. The molecule has 0 radical (unpaired) electrons. The van der Waals surface area contributed by atoms with Crippen LogP contribution in [0.5, 0.6) is 0 Å². The van der Waals surface area contributed by atoms with Gasteiger partial charge in [0, 0.05) is 11.8 Å². The molecule has 0 aliphatic carbocycles. The van der Waals surface area contributed by atoms with Crippen molar-refractivity contribution < 1.29 is 10.3 Å². The van der Waals surface area contributed by atoms with Gasteiger partial charge in [-0.1, -0.05) is 6.92 Å². The number of aliphatic hydroxyl groups is 1. The predicted molar refractivity (Wildman–Crippen MR) is 56.8 cm³/mol. The van der Waals surface area contributed by atoms with Crippen molar-refractivity contribution in [2.45, 2.75) is 28.7 Å². The van der Waals surface area contributed by atoms with Crippen molar-refractivity contribution in [2.75, 3.05) is 13.2 Å². The molecule has 78 valence electrons. The van der Waals surface area contributed by atoms with Gasteiger partial charge in [-0.15, -0.1) is 23.5 Å². The van der Waals surface area contributed by atoms with Crippen LogP contribution in [0, 0.1) is 0 Å². The van der Waals surface area contributed by atoms with Crippen molar-refractivity contribution in [1.82, 2.24) is 10.8 Å². The van der Waals surface area contributed by atoms with Gasteiger partial charge in [0.05, 0.1) is 11.2 Å². The lowest BCUT2D eigenvalue weighted by Gasteiger charge is -2.15. The summed E-state index contributed by atoms with van der Waals surface area (Å²) in [5.74, 6) is 0. The van der Waals surface area contributed by atoms with E-state index in [9.17, 15) is 0 Å². The third-order valence-corrected chi connectivity index (χ3v) is 4.90.